The molecule has 3 atom stereocenters. The van der Waals surface area contributed by atoms with Crippen molar-refractivity contribution in [1.29, 1.82) is 0 Å². The first-order valence-electron chi connectivity index (χ1n) is 18.6. The molecule has 20 heteroatoms. The fourth-order valence-electron chi connectivity index (χ4n) is 5.42. The van der Waals surface area contributed by atoms with Crippen molar-refractivity contribution in [2.45, 2.75) is 63.3 Å². The van der Waals surface area contributed by atoms with Gasteiger partial charge in [0, 0.05) is 63.8 Å². The molecule has 3 unspecified atom stereocenters. The third kappa shape index (κ3) is 25.0. The highest BCUT2D eigenvalue weighted by Gasteiger charge is 2.24. The van der Waals surface area contributed by atoms with Crippen LogP contribution in [0.5, 0.6) is 0 Å². The van der Waals surface area contributed by atoms with Crippen LogP contribution in [0.15, 0.2) is 0 Å². The predicted molar refractivity (Wildman–Crippen MR) is 217 cm³/mol. The molecule has 54 heavy (non-hydrogen) atoms. The molecular formula is C34H78N2O15S3. The smallest absolute Gasteiger partial charge is 0.135 e. The maximum absolute atomic E-state index is 10.8. The van der Waals surface area contributed by atoms with Gasteiger partial charge in [-0.1, -0.05) is 12.8 Å². The maximum Gasteiger partial charge on any atom is 0.135 e. The van der Waals surface area contributed by atoms with Crippen molar-refractivity contribution in [3.63, 3.8) is 0 Å². The lowest BCUT2D eigenvalue weighted by Crippen LogP contribution is -2.41. The van der Waals surface area contributed by atoms with E-state index in [0.29, 0.717) is 88.5 Å². The lowest BCUT2D eigenvalue weighted by atomic mass is 10.1. The van der Waals surface area contributed by atoms with E-state index >= 15 is 0 Å². The number of aliphatic hydroxyl groups excluding tert-OH is 3. The lowest BCUT2D eigenvalue weighted by Gasteiger charge is -2.39. The molecule has 0 fully saturated rings. The van der Waals surface area contributed by atoms with Crippen molar-refractivity contribution in [2.24, 2.45) is 0 Å². The second-order valence-corrected chi connectivity index (χ2v) is 20.2. The van der Waals surface area contributed by atoms with Crippen LogP contribution in [0.25, 0.3) is 0 Å². The van der Waals surface area contributed by atoms with Crippen molar-refractivity contribution >= 4 is 32.3 Å². The number of rotatable bonds is 41. The zero-order valence-electron chi connectivity index (χ0n) is 34.7. The van der Waals surface area contributed by atoms with E-state index in [1.54, 1.807) is 64.0 Å². The normalized spacial score (nSPS) is 15.5. The number of methoxy groups -OCH3 is 1. The quantitative estimate of drug-likeness (QED) is 0.0657. The molecular weight excluding hydrogens is 773 g/mol. The molecule has 0 amide bonds. The fourth-order valence-corrected chi connectivity index (χ4v) is 9.87. The van der Waals surface area contributed by atoms with E-state index in [1.165, 1.54) is 0 Å². The lowest BCUT2D eigenvalue weighted by molar-refractivity contribution is -0.0102. The molecule has 0 aromatic carbocycles. The van der Waals surface area contributed by atoms with Crippen LogP contribution in [0.3, 0.4) is 0 Å². The number of nitrogens with zero attached hydrogens (tertiary/aromatic N) is 1. The van der Waals surface area contributed by atoms with Gasteiger partial charge in [-0.05, 0) is 45.2 Å². The summed E-state index contributed by atoms with van der Waals surface area (Å²) in [7, 11) is 8.43. The van der Waals surface area contributed by atoms with Gasteiger partial charge >= 0.3 is 0 Å². The Hall–Kier alpha value is 0.370. The van der Waals surface area contributed by atoms with Gasteiger partial charge in [-0.2, -0.15) is 10.6 Å². The third-order valence-electron chi connectivity index (χ3n) is 8.37. The molecule has 0 rings (SSSR count). The highest BCUT2D eigenvalue weighted by atomic mass is 32.3. The molecule has 0 saturated heterocycles. The van der Waals surface area contributed by atoms with Crippen LogP contribution in [-0.4, -0.2) is 198 Å². The van der Waals surface area contributed by atoms with Gasteiger partial charge in [0.25, 0.3) is 0 Å². The summed E-state index contributed by atoms with van der Waals surface area (Å²) < 4.78 is 65.8. The van der Waals surface area contributed by atoms with Crippen LogP contribution in [0, 0.1) is 0 Å². The predicted octanol–water partition coefficient (Wildman–Crippen LogP) is 3.25. The van der Waals surface area contributed by atoms with Gasteiger partial charge < -0.3 is 39.6 Å². The van der Waals surface area contributed by atoms with E-state index in [2.05, 4.69) is 10.2 Å². The van der Waals surface area contributed by atoms with E-state index in [1.807, 2.05) is 0 Å². The van der Waals surface area contributed by atoms with Crippen LogP contribution >= 0.6 is 32.3 Å². The molecule has 0 aliphatic rings. The summed E-state index contributed by atoms with van der Waals surface area (Å²) in [5.41, 5.74) is 0. The Balaban J connectivity index is 4.61. The van der Waals surface area contributed by atoms with Crippen LogP contribution in [0.1, 0.15) is 44.9 Å². The van der Waals surface area contributed by atoms with Gasteiger partial charge in [-0.15, -0.1) is 0 Å². The summed E-state index contributed by atoms with van der Waals surface area (Å²) in [6.07, 6.45) is 3.90. The molecule has 17 nitrogen and oxygen atoms in total. The van der Waals surface area contributed by atoms with Crippen molar-refractivity contribution in [3.05, 3.63) is 0 Å². The molecule has 0 heterocycles. The summed E-state index contributed by atoms with van der Waals surface area (Å²) >= 11 is 0. The molecule has 0 aliphatic heterocycles. The molecule has 0 spiro atoms. The van der Waals surface area contributed by atoms with Gasteiger partial charge in [0.2, 0.25) is 0 Å². The molecule has 0 aromatic rings. The Morgan fingerprint density at radius 2 is 0.926 bits per heavy atom. The summed E-state index contributed by atoms with van der Waals surface area (Å²) in [6.45, 7) is 4.64. The van der Waals surface area contributed by atoms with E-state index in [9.17, 15) is 15.3 Å². The molecule has 0 saturated carbocycles. The Morgan fingerprint density at radius 3 is 1.35 bits per heavy atom. The Kier molecular flexibility index (Phi) is 34.5. The molecule has 332 valence electrons. The number of ether oxygens (including phenoxy) is 4. The van der Waals surface area contributed by atoms with Gasteiger partial charge in [-0.3, -0.25) is 38.4 Å². The number of nitrogens with one attached hydrogen (secondary N) is 1. The number of hydrogen-bond acceptors (Lipinski definition) is 17. The van der Waals surface area contributed by atoms with E-state index in [0.717, 1.165) is 32.2 Å². The largest absolute Gasteiger partial charge is 0.389 e. The Bertz CT molecular complexity index is 821. The first-order valence-corrected chi connectivity index (χ1v) is 23.5. The van der Waals surface area contributed by atoms with Crippen molar-refractivity contribution in [2.75, 3.05) is 160 Å². The fraction of sp³-hybridized carbons (Fsp3) is 1.00. The van der Waals surface area contributed by atoms with Gasteiger partial charge in [0.05, 0.1) is 117 Å². The average molecular weight is 851 g/mol. The average Bonchev–Trinajstić information content (AvgIpc) is 3.18. The van der Waals surface area contributed by atoms with E-state index in [-0.39, 0.29) is 19.8 Å². The SMILES string of the molecule is COCS(CCCOCC(O)CN(CCCCCCNCC(O)COCCCS(OC)(OC)OC)CC(O)COCCCS(OC)(OC)OC)(OC)OC. The highest BCUT2D eigenvalue weighted by molar-refractivity contribution is 8.25. The summed E-state index contributed by atoms with van der Waals surface area (Å²) in [6, 6.07) is 0. The zero-order valence-corrected chi connectivity index (χ0v) is 37.2. The molecule has 0 aromatic heterocycles. The second-order valence-electron chi connectivity index (χ2n) is 12.3. The Morgan fingerprint density at radius 1 is 0.500 bits per heavy atom. The summed E-state index contributed by atoms with van der Waals surface area (Å²) in [5, 5.41) is 35.2. The summed E-state index contributed by atoms with van der Waals surface area (Å²) in [5.74, 6) is 2.21. The van der Waals surface area contributed by atoms with E-state index < -0.39 is 50.6 Å². The summed E-state index contributed by atoms with van der Waals surface area (Å²) in [4.78, 5) is 2.07. The Labute approximate surface area is 332 Å². The minimum atomic E-state index is -2.04. The minimum absolute atomic E-state index is 0.169. The van der Waals surface area contributed by atoms with Crippen LogP contribution < -0.4 is 5.32 Å². The zero-order chi connectivity index (χ0) is 40.6. The van der Waals surface area contributed by atoms with Crippen molar-refractivity contribution in [1.82, 2.24) is 10.2 Å². The van der Waals surface area contributed by atoms with Crippen molar-refractivity contribution in [3.8, 4) is 0 Å². The van der Waals surface area contributed by atoms with Crippen LogP contribution in [-0.2, 0) is 52.4 Å². The van der Waals surface area contributed by atoms with Gasteiger partial charge in [-0.25, -0.2) is 0 Å². The molecule has 4 N–H and O–H groups in total. The maximum atomic E-state index is 10.8. The standard InChI is InChI=1S/C34H78N2O15S3/c1-40-31-52(41-2,42-3)22-14-19-50-29-33(38)26-36(27-34(39)30-51-21-16-24-54(46-7,47-8)48-9)18-13-11-10-12-17-35-25-32(37)28-49-20-15-23-53(43-4,44-5)45-6/h32-35,37-39H,10-31H2,1-9H3. The third-order valence-corrected chi connectivity index (χ3v) is 15.7. The molecule has 0 bridgehead atoms. The van der Waals surface area contributed by atoms with E-state index in [4.69, 9.17) is 52.4 Å². The number of unbranched alkanes of at least 4 members (excludes halogenated alkanes) is 3. The first-order chi connectivity index (χ1) is 26.0. The topological polar surface area (TPSA) is 187 Å². The number of hydrogen-bond donors (Lipinski definition) is 4. The highest BCUT2D eigenvalue weighted by Crippen LogP contribution is 2.50. The molecule has 0 aliphatic carbocycles. The number of aliphatic hydroxyl groups is 3. The van der Waals surface area contributed by atoms with Gasteiger partial charge in [0.1, 0.15) is 5.94 Å². The first kappa shape index (κ1) is 54.4. The monoisotopic (exact) mass is 850 g/mol. The second kappa shape index (κ2) is 34.3. The molecule has 0 radical (unpaired) electrons. The van der Waals surface area contributed by atoms with Crippen LogP contribution in [0.4, 0.5) is 0 Å². The van der Waals surface area contributed by atoms with Crippen LogP contribution in [0.2, 0.25) is 0 Å². The van der Waals surface area contributed by atoms with Gasteiger partial charge in [0.15, 0.2) is 0 Å². The minimum Gasteiger partial charge on any atom is -0.389 e. The van der Waals surface area contributed by atoms with Crippen molar-refractivity contribution < 1.29 is 67.7 Å².